The van der Waals surface area contributed by atoms with Gasteiger partial charge in [-0.1, -0.05) is 25.4 Å². The van der Waals surface area contributed by atoms with E-state index in [1.54, 1.807) is 19.2 Å². The van der Waals surface area contributed by atoms with Crippen molar-refractivity contribution in [3.8, 4) is 5.75 Å². The summed E-state index contributed by atoms with van der Waals surface area (Å²) < 4.78 is 5.24. The molecule has 4 nitrogen and oxygen atoms in total. The Bertz CT molecular complexity index is 421. The van der Waals surface area contributed by atoms with Crippen molar-refractivity contribution in [1.29, 1.82) is 0 Å². The highest BCUT2D eigenvalue weighted by Crippen LogP contribution is 2.22. The average Bonchev–Trinajstić information content (AvgIpc) is 2.28. The number of halogens is 1. The van der Waals surface area contributed by atoms with Crippen molar-refractivity contribution in [2.75, 3.05) is 7.11 Å². The van der Waals surface area contributed by atoms with Crippen LogP contribution in [0, 0.1) is 5.92 Å². The summed E-state index contributed by atoms with van der Waals surface area (Å²) in [4.78, 5) is 11.3. The Labute approximate surface area is 112 Å². The van der Waals surface area contributed by atoms with Gasteiger partial charge in [-0.25, -0.2) is 0 Å². The molecule has 0 heterocycles. The van der Waals surface area contributed by atoms with Gasteiger partial charge in [-0.3, -0.25) is 4.79 Å². The number of carbonyl (C=O) groups excluding carboxylic acids is 1. The molecule has 0 aliphatic heterocycles. The van der Waals surface area contributed by atoms with Crippen LogP contribution < -0.4 is 15.8 Å². The molecule has 1 rings (SSSR count). The maximum Gasteiger partial charge on any atom is 0.234 e. The molecule has 0 spiro atoms. The average molecular weight is 271 g/mol. The van der Waals surface area contributed by atoms with Gasteiger partial charge < -0.3 is 15.8 Å². The molecule has 0 aliphatic carbocycles. The molecule has 0 bridgehead atoms. The number of benzene rings is 1. The highest BCUT2D eigenvalue weighted by molar-refractivity contribution is 6.30. The van der Waals surface area contributed by atoms with Gasteiger partial charge in [-0.05, 0) is 24.1 Å². The molecule has 1 amide bonds. The number of primary amides is 1. The lowest BCUT2D eigenvalue weighted by Gasteiger charge is -2.19. The number of methoxy groups -OCH3 is 1. The van der Waals surface area contributed by atoms with Crippen LogP contribution in [0.4, 0.5) is 0 Å². The second-order valence-corrected chi connectivity index (χ2v) is 4.90. The minimum absolute atomic E-state index is 0.132. The highest BCUT2D eigenvalue weighted by atomic mass is 35.5. The predicted octanol–water partition coefficient (Wildman–Crippen LogP) is 1.95. The number of hydrogen-bond donors (Lipinski definition) is 2. The van der Waals surface area contributed by atoms with Crippen LogP contribution in [0.3, 0.4) is 0 Å². The first-order valence-corrected chi connectivity index (χ1v) is 6.18. The fourth-order valence-electron chi connectivity index (χ4n) is 1.77. The van der Waals surface area contributed by atoms with Gasteiger partial charge in [0, 0.05) is 17.1 Å². The molecule has 0 saturated heterocycles. The molecule has 1 unspecified atom stereocenters. The van der Waals surface area contributed by atoms with Gasteiger partial charge in [-0.2, -0.15) is 0 Å². The van der Waals surface area contributed by atoms with Gasteiger partial charge in [0.15, 0.2) is 0 Å². The Morgan fingerprint density at radius 3 is 2.67 bits per heavy atom. The van der Waals surface area contributed by atoms with Crippen LogP contribution in [0.25, 0.3) is 0 Å². The standard InChI is InChI=1S/C13H19ClN2O2/c1-8(2)12(13(15)17)16-7-9-6-10(14)4-5-11(9)18-3/h4-6,8,12,16H,7H2,1-3H3,(H2,15,17). The van der Waals surface area contributed by atoms with Crippen LogP contribution in [0.2, 0.25) is 5.02 Å². The van der Waals surface area contributed by atoms with Gasteiger partial charge in [-0.15, -0.1) is 0 Å². The normalized spacial score (nSPS) is 12.5. The largest absolute Gasteiger partial charge is 0.496 e. The Morgan fingerprint density at radius 2 is 2.17 bits per heavy atom. The van der Waals surface area contributed by atoms with Crippen LogP contribution in [0.5, 0.6) is 5.75 Å². The van der Waals surface area contributed by atoms with Gasteiger partial charge in [0.2, 0.25) is 5.91 Å². The van der Waals surface area contributed by atoms with E-state index < -0.39 is 0 Å². The number of nitrogens with two attached hydrogens (primary N) is 1. The van der Waals surface area contributed by atoms with Crippen molar-refractivity contribution in [2.45, 2.75) is 26.4 Å². The Kier molecular flexibility index (Phi) is 5.44. The third-order valence-corrected chi connectivity index (χ3v) is 2.96. The van der Waals surface area contributed by atoms with Crippen molar-refractivity contribution < 1.29 is 9.53 Å². The maximum atomic E-state index is 11.3. The summed E-state index contributed by atoms with van der Waals surface area (Å²) in [5, 5.41) is 3.76. The summed E-state index contributed by atoms with van der Waals surface area (Å²) in [5.74, 6) is 0.512. The van der Waals surface area contributed by atoms with Crippen LogP contribution in [0.1, 0.15) is 19.4 Å². The predicted molar refractivity (Wildman–Crippen MR) is 72.7 cm³/mol. The molecule has 1 aromatic carbocycles. The van der Waals surface area contributed by atoms with Crippen molar-refractivity contribution in [3.63, 3.8) is 0 Å². The van der Waals surface area contributed by atoms with E-state index >= 15 is 0 Å². The lowest BCUT2D eigenvalue weighted by atomic mass is 10.0. The van der Waals surface area contributed by atoms with Gasteiger partial charge >= 0.3 is 0 Å². The first kappa shape index (κ1) is 14.8. The highest BCUT2D eigenvalue weighted by Gasteiger charge is 2.19. The smallest absolute Gasteiger partial charge is 0.234 e. The summed E-state index contributed by atoms with van der Waals surface area (Å²) in [6.45, 7) is 4.37. The topological polar surface area (TPSA) is 64.3 Å². The molecule has 1 aromatic rings. The third-order valence-electron chi connectivity index (χ3n) is 2.73. The molecular weight excluding hydrogens is 252 g/mol. The number of amides is 1. The molecule has 3 N–H and O–H groups in total. The van der Waals surface area contributed by atoms with E-state index in [1.165, 1.54) is 0 Å². The fraction of sp³-hybridized carbons (Fsp3) is 0.462. The molecule has 0 saturated carbocycles. The van der Waals surface area contributed by atoms with Crippen molar-refractivity contribution in [2.24, 2.45) is 11.7 Å². The number of rotatable bonds is 6. The number of hydrogen-bond acceptors (Lipinski definition) is 3. The van der Waals surface area contributed by atoms with Crippen molar-refractivity contribution in [3.05, 3.63) is 28.8 Å². The minimum atomic E-state index is -0.367. The van der Waals surface area contributed by atoms with E-state index in [4.69, 9.17) is 22.1 Å². The molecular formula is C13H19ClN2O2. The zero-order valence-corrected chi connectivity index (χ0v) is 11.6. The molecule has 5 heteroatoms. The second-order valence-electron chi connectivity index (χ2n) is 4.46. The SMILES string of the molecule is COc1ccc(Cl)cc1CNC(C(N)=O)C(C)C. The van der Waals surface area contributed by atoms with Crippen LogP contribution in [-0.2, 0) is 11.3 Å². The Balaban J connectivity index is 2.78. The first-order valence-electron chi connectivity index (χ1n) is 5.80. The van der Waals surface area contributed by atoms with E-state index in [0.29, 0.717) is 11.6 Å². The molecule has 0 aliphatic rings. The van der Waals surface area contributed by atoms with Crippen LogP contribution in [-0.4, -0.2) is 19.1 Å². The monoisotopic (exact) mass is 270 g/mol. The Hall–Kier alpha value is -1.26. The van der Waals surface area contributed by atoms with Gasteiger partial charge in [0.05, 0.1) is 13.2 Å². The number of ether oxygens (including phenoxy) is 1. The number of carbonyl (C=O) groups is 1. The fourth-order valence-corrected chi connectivity index (χ4v) is 1.96. The molecule has 1 atom stereocenters. The summed E-state index contributed by atoms with van der Waals surface area (Å²) >= 11 is 5.94. The van der Waals surface area contributed by atoms with Gasteiger partial charge in [0.1, 0.15) is 5.75 Å². The maximum absolute atomic E-state index is 11.3. The van der Waals surface area contributed by atoms with Crippen LogP contribution in [0.15, 0.2) is 18.2 Å². The molecule has 0 fully saturated rings. The summed E-state index contributed by atoms with van der Waals surface area (Å²) in [6, 6.07) is 5.01. The minimum Gasteiger partial charge on any atom is -0.496 e. The summed E-state index contributed by atoms with van der Waals surface area (Å²) in [6.07, 6.45) is 0. The van der Waals surface area contributed by atoms with Gasteiger partial charge in [0.25, 0.3) is 0 Å². The van der Waals surface area contributed by atoms with Crippen molar-refractivity contribution in [1.82, 2.24) is 5.32 Å². The van der Waals surface area contributed by atoms with Crippen LogP contribution >= 0.6 is 11.6 Å². The Morgan fingerprint density at radius 1 is 1.50 bits per heavy atom. The van der Waals surface area contributed by atoms with Crippen molar-refractivity contribution >= 4 is 17.5 Å². The van der Waals surface area contributed by atoms with E-state index in [9.17, 15) is 4.79 Å². The van der Waals surface area contributed by atoms with E-state index in [1.807, 2.05) is 19.9 Å². The first-order chi connectivity index (χ1) is 8.45. The van der Waals surface area contributed by atoms with E-state index in [0.717, 1.165) is 11.3 Å². The molecule has 0 radical (unpaired) electrons. The zero-order chi connectivity index (χ0) is 13.7. The molecule has 0 aromatic heterocycles. The summed E-state index contributed by atoms with van der Waals surface area (Å²) in [5.41, 5.74) is 6.24. The van der Waals surface area contributed by atoms with E-state index in [-0.39, 0.29) is 17.9 Å². The quantitative estimate of drug-likeness (QED) is 0.830. The summed E-state index contributed by atoms with van der Waals surface area (Å²) in [7, 11) is 1.60. The van der Waals surface area contributed by atoms with E-state index in [2.05, 4.69) is 5.32 Å². The molecule has 18 heavy (non-hydrogen) atoms. The second kappa shape index (κ2) is 6.61. The zero-order valence-electron chi connectivity index (χ0n) is 10.9. The lowest BCUT2D eigenvalue weighted by molar-refractivity contribution is -0.121. The number of nitrogens with one attached hydrogen (secondary N) is 1. The molecule has 100 valence electrons. The lowest BCUT2D eigenvalue weighted by Crippen LogP contribution is -2.44. The third kappa shape index (κ3) is 3.89.